The van der Waals surface area contributed by atoms with Gasteiger partial charge in [0.25, 0.3) is 11.4 Å². The zero-order valence-electron chi connectivity index (χ0n) is 11.8. The van der Waals surface area contributed by atoms with E-state index in [1.165, 1.54) is 29.8 Å². The van der Waals surface area contributed by atoms with Crippen molar-refractivity contribution < 1.29 is 8.91 Å². The molecule has 4 rings (SSSR count). The minimum absolute atomic E-state index is 0.208. The van der Waals surface area contributed by atoms with Crippen LogP contribution in [-0.2, 0) is 0 Å². The second-order valence-corrected chi connectivity index (χ2v) is 5.90. The Balaban J connectivity index is 1.85. The summed E-state index contributed by atoms with van der Waals surface area (Å²) in [6.45, 7) is 1.80. The third-order valence-corrected chi connectivity index (χ3v) is 4.62. The highest BCUT2D eigenvalue weighted by Gasteiger charge is 2.19. The van der Waals surface area contributed by atoms with Crippen molar-refractivity contribution in [3.05, 3.63) is 52.3 Å². The number of fused-ring (bicyclic) bond motifs is 1. The molecule has 0 radical (unpaired) electrons. The summed E-state index contributed by atoms with van der Waals surface area (Å²) in [5, 5.41) is 4.40. The van der Waals surface area contributed by atoms with Crippen molar-refractivity contribution in [1.82, 2.24) is 20.1 Å². The van der Waals surface area contributed by atoms with E-state index in [0.717, 1.165) is 5.56 Å². The van der Waals surface area contributed by atoms with Crippen LogP contribution < -0.4 is 5.56 Å². The number of nitrogens with one attached hydrogen (secondary N) is 1. The monoisotopic (exact) mass is 328 g/mol. The van der Waals surface area contributed by atoms with E-state index in [9.17, 15) is 9.18 Å². The van der Waals surface area contributed by atoms with Crippen LogP contribution in [-0.4, -0.2) is 20.1 Å². The second kappa shape index (κ2) is 5.10. The number of thiophene rings is 1. The predicted octanol–water partition coefficient (Wildman–Crippen LogP) is 3.15. The van der Waals surface area contributed by atoms with E-state index in [1.807, 2.05) is 0 Å². The standard InChI is InChI=1S/C15H9FN4O2S/c1-7-10-13(21)17-6-18-15(10)23-11(7)14-19-12(20-22-14)8-3-2-4-9(16)5-8/h2-6H,1H3,(H,17,18,21). The van der Waals surface area contributed by atoms with Gasteiger partial charge in [-0.15, -0.1) is 11.3 Å². The molecule has 0 atom stereocenters. The van der Waals surface area contributed by atoms with Gasteiger partial charge in [0.1, 0.15) is 10.6 Å². The van der Waals surface area contributed by atoms with E-state index in [0.29, 0.717) is 26.5 Å². The van der Waals surface area contributed by atoms with Gasteiger partial charge in [0.05, 0.1) is 16.6 Å². The number of aryl methyl sites for hydroxylation is 1. The molecule has 0 aliphatic heterocycles. The SMILES string of the molecule is Cc1c(-c2nc(-c3cccc(F)c3)no2)sc2nc[nH]c(=O)c12. The Kier molecular flexibility index (Phi) is 3.05. The Morgan fingerprint density at radius 1 is 1.35 bits per heavy atom. The predicted molar refractivity (Wildman–Crippen MR) is 83.7 cm³/mol. The van der Waals surface area contributed by atoms with Crippen LogP contribution in [0, 0.1) is 12.7 Å². The molecule has 0 amide bonds. The van der Waals surface area contributed by atoms with Gasteiger partial charge in [0.2, 0.25) is 5.82 Å². The summed E-state index contributed by atoms with van der Waals surface area (Å²) in [6, 6.07) is 5.95. The summed E-state index contributed by atoms with van der Waals surface area (Å²) in [7, 11) is 0. The van der Waals surface area contributed by atoms with Crippen molar-refractivity contribution >= 4 is 21.6 Å². The Morgan fingerprint density at radius 3 is 3.00 bits per heavy atom. The Labute approximate surface area is 132 Å². The molecular formula is C15H9FN4O2S. The van der Waals surface area contributed by atoms with E-state index >= 15 is 0 Å². The van der Waals surface area contributed by atoms with E-state index in [4.69, 9.17) is 4.52 Å². The molecule has 0 spiro atoms. The maximum atomic E-state index is 13.3. The maximum absolute atomic E-state index is 13.3. The number of hydrogen-bond acceptors (Lipinski definition) is 6. The summed E-state index contributed by atoms with van der Waals surface area (Å²) in [5.74, 6) is 0.199. The van der Waals surface area contributed by atoms with Crippen LogP contribution in [0.1, 0.15) is 5.56 Å². The lowest BCUT2D eigenvalue weighted by atomic mass is 10.2. The molecule has 1 N–H and O–H groups in total. The average Bonchev–Trinajstić information content (AvgIpc) is 3.13. The number of rotatable bonds is 2. The van der Waals surface area contributed by atoms with Gasteiger partial charge in [0.15, 0.2) is 0 Å². The number of benzene rings is 1. The summed E-state index contributed by atoms with van der Waals surface area (Å²) < 4.78 is 18.6. The third-order valence-electron chi connectivity index (χ3n) is 3.44. The van der Waals surface area contributed by atoms with Gasteiger partial charge in [0, 0.05) is 5.56 Å². The van der Waals surface area contributed by atoms with E-state index in [-0.39, 0.29) is 17.3 Å². The van der Waals surface area contributed by atoms with Crippen LogP contribution in [0.15, 0.2) is 39.9 Å². The van der Waals surface area contributed by atoms with Crippen molar-refractivity contribution in [3.8, 4) is 22.2 Å². The van der Waals surface area contributed by atoms with Crippen LogP contribution in [0.3, 0.4) is 0 Å². The fourth-order valence-corrected chi connectivity index (χ4v) is 3.41. The van der Waals surface area contributed by atoms with Gasteiger partial charge in [-0.05, 0) is 24.6 Å². The molecule has 3 aromatic heterocycles. The van der Waals surface area contributed by atoms with Crippen LogP contribution in [0.4, 0.5) is 4.39 Å². The lowest BCUT2D eigenvalue weighted by Crippen LogP contribution is -2.05. The van der Waals surface area contributed by atoms with Crippen molar-refractivity contribution in [3.63, 3.8) is 0 Å². The number of nitrogens with zero attached hydrogens (tertiary/aromatic N) is 3. The van der Waals surface area contributed by atoms with Gasteiger partial charge in [-0.1, -0.05) is 17.3 Å². The number of aromatic nitrogens is 4. The fraction of sp³-hybridized carbons (Fsp3) is 0.0667. The summed E-state index contributed by atoms with van der Waals surface area (Å²) in [5.41, 5.74) is 1.04. The highest BCUT2D eigenvalue weighted by atomic mass is 32.1. The van der Waals surface area contributed by atoms with Crippen LogP contribution >= 0.6 is 11.3 Å². The van der Waals surface area contributed by atoms with Crippen LogP contribution in [0.5, 0.6) is 0 Å². The highest BCUT2D eigenvalue weighted by Crippen LogP contribution is 2.35. The van der Waals surface area contributed by atoms with Crippen molar-refractivity contribution in [2.75, 3.05) is 0 Å². The first-order valence-electron chi connectivity index (χ1n) is 6.70. The molecule has 0 bridgehead atoms. The minimum atomic E-state index is -0.373. The lowest BCUT2D eigenvalue weighted by molar-refractivity contribution is 0.433. The van der Waals surface area contributed by atoms with E-state index < -0.39 is 0 Å². The minimum Gasteiger partial charge on any atom is -0.333 e. The Morgan fingerprint density at radius 2 is 2.22 bits per heavy atom. The molecule has 0 aliphatic carbocycles. The molecule has 0 aliphatic rings. The largest absolute Gasteiger partial charge is 0.333 e. The highest BCUT2D eigenvalue weighted by molar-refractivity contribution is 7.22. The summed E-state index contributed by atoms with van der Waals surface area (Å²) >= 11 is 1.30. The Bertz CT molecular complexity index is 1080. The van der Waals surface area contributed by atoms with Crippen molar-refractivity contribution in [2.24, 2.45) is 0 Å². The molecule has 0 saturated carbocycles. The lowest BCUT2D eigenvalue weighted by Gasteiger charge is -1.93. The van der Waals surface area contributed by atoms with Gasteiger partial charge >= 0.3 is 0 Å². The molecule has 4 aromatic rings. The first-order valence-corrected chi connectivity index (χ1v) is 7.52. The van der Waals surface area contributed by atoms with Gasteiger partial charge in [-0.2, -0.15) is 4.98 Å². The zero-order chi connectivity index (χ0) is 16.0. The second-order valence-electron chi connectivity index (χ2n) is 4.90. The smallest absolute Gasteiger partial charge is 0.268 e. The zero-order valence-corrected chi connectivity index (χ0v) is 12.6. The molecule has 1 aromatic carbocycles. The average molecular weight is 328 g/mol. The van der Waals surface area contributed by atoms with E-state index in [2.05, 4.69) is 20.1 Å². The summed E-state index contributed by atoms with van der Waals surface area (Å²) in [4.78, 5) is 24.2. The molecule has 8 heteroatoms. The molecule has 114 valence electrons. The van der Waals surface area contributed by atoms with E-state index in [1.54, 1.807) is 19.1 Å². The van der Waals surface area contributed by atoms with Crippen molar-refractivity contribution in [2.45, 2.75) is 6.92 Å². The quantitative estimate of drug-likeness (QED) is 0.611. The molecule has 23 heavy (non-hydrogen) atoms. The van der Waals surface area contributed by atoms with Crippen LogP contribution in [0.2, 0.25) is 0 Å². The molecule has 0 fully saturated rings. The van der Waals surface area contributed by atoms with Crippen LogP contribution in [0.25, 0.3) is 32.4 Å². The van der Waals surface area contributed by atoms with Gasteiger partial charge in [-0.3, -0.25) is 4.79 Å². The number of H-pyrrole nitrogens is 1. The fourth-order valence-electron chi connectivity index (χ4n) is 2.34. The molecule has 0 unspecified atom stereocenters. The number of halogens is 1. The first kappa shape index (κ1) is 13.8. The summed E-state index contributed by atoms with van der Waals surface area (Å²) in [6.07, 6.45) is 1.36. The molecular weight excluding hydrogens is 319 g/mol. The van der Waals surface area contributed by atoms with Crippen molar-refractivity contribution in [1.29, 1.82) is 0 Å². The van der Waals surface area contributed by atoms with Gasteiger partial charge in [-0.25, -0.2) is 9.37 Å². The number of aromatic amines is 1. The van der Waals surface area contributed by atoms with Gasteiger partial charge < -0.3 is 9.51 Å². The number of hydrogen-bond donors (Lipinski definition) is 1. The Hall–Kier alpha value is -2.87. The topological polar surface area (TPSA) is 84.7 Å². The first-order chi connectivity index (χ1) is 11.1. The molecule has 6 nitrogen and oxygen atoms in total. The normalized spacial score (nSPS) is 11.2. The molecule has 0 saturated heterocycles. The maximum Gasteiger partial charge on any atom is 0.268 e. The third kappa shape index (κ3) is 2.23. The molecule has 3 heterocycles.